The first-order valence-electron chi connectivity index (χ1n) is 7.45. The molecule has 19 heavy (non-hydrogen) atoms. The molecule has 1 saturated heterocycles. The van der Waals surface area contributed by atoms with Gasteiger partial charge in [-0.3, -0.25) is 0 Å². The van der Waals surface area contributed by atoms with E-state index in [1.807, 2.05) is 0 Å². The molecule has 0 unspecified atom stereocenters. The lowest BCUT2D eigenvalue weighted by atomic mass is 9.92. The molecule has 2 fully saturated rings. The van der Waals surface area contributed by atoms with E-state index in [0.29, 0.717) is 5.92 Å². The van der Waals surface area contributed by atoms with Crippen molar-refractivity contribution in [1.29, 1.82) is 0 Å². The summed E-state index contributed by atoms with van der Waals surface area (Å²) in [4.78, 5) is 2.48. The highest BCUT2D eigenvalue weighted by molar-refractivity contribution is 5.85. The molecule has 2 N–H and O–H groups in total. The maximum atomic E-state index is 6.39. The van der Waals surface area contributed by atoms with Crippen LogP contribution in [0.4, 0.5) is 5.69 Å². The molecule has 3 rings (SSSR count). The molecule has 0 radical (unpaired) electrons. The van der Waals surface area contributed by atoms with E-state index in [1.165, 1.54) is 62.9 Å². The van der Waals surface area contributed by atoms with Crippen LogP contribution in [0.2, 0.25) is 0 Å². The quantitative estimate of drug-likeness (QED) is 0.910. The summed E-state index contributed by atoms with van der Waals surface area (Å²) < 4.78 is 0. The Kier molecular flexibility index (Phi) is 5.12. The fourth-order valence-corrected chi connectivity index (χ4v) is 3.47. The topological polar surface area (TPSA) is 29.3 Å². The van der Waals surface area contributed by atoms with Gasteiger partial charge in [0.15, 0.2) is 0 Å². The summed E-state index contributed by atoms with van der Waals surface area (Å²) in [5, 5.41) is 0. The number of benzene rings is 1. The third-order valence-electron chi connectivity index (χ3n) is 4.66. The molecule has 1 heterocycles. The van der Waals surface area contributed by atoms with E-state index in [4.69, 9.17) is 5.73 Å². The van der Waals surface area contributed by atoms with Crippen molar-refractivity contribution in [3.05, 3.63) is 29.8 Å². The van der Waals surface area contributed by atoms with E-state index in [9.17, 15) is 0 Å². The minimum atomic E-state index is 0. The Labute approximate surface area is 122 Å². The Morgan fingerprint density at radius 3 is 2.11 bits per heavy atom. The molecular weight excluding hydrogens is 256 g/mol. The zero-order valence-electron chi connectivity index (χ0n) is 11.6. The minimum absolute atomic E-state index is 0. The van der Waals surface area contributed by atoms with Crippen molar-refractivity contribution in [2.45, 2.75) is 44.6 Å². The van der Waals surface area contributed by atoms with E-state index in [2.05, 4.69) is 29.2 Å². The Hall–Kier alpha value is -0.730. The SMILES string of the molecule is Cl.N[C@H](c1ccc(N2CCCC2)cc1)C1CCCC1. The van der Waals surface area contributed by atoms with E-state index >= 15 is 0 Å². The molecular formula is C16H25ClN2. The van der Waals surface area contributed by atoms with Gasteiger partial charge >= 0.3 is 0 Å². The Bertz CT molecular complexity index is 378. The Balaban J connectivity index is 0.00000133. The van der Waals surface area contributed by atoms with Gasteiger partial charge in [0, 0.05) is 24.8 Å². The van der Waals surface area contributed by atoms with Gasteiger partial charge in [0.05, 0.1) is 0 Å². The van der Waals surface area contributed by atoms with Crippen molar-refractivity contribution in [2.75, 3.05) is 18.0 Å². The first-order valence-corrected chi connectivity index (χ1v) is 7.45. The molecule has 0 spiro atoms. The van der Waals surface area contributed by atoms with Crippen LogP contribution in [0, 0.1) is 5.92 Å². The van der Waals surface area contributed by atoms with Crippen molar-refractivity contribution in [3.8, 4) is 0 Å². The molecule has 106 valence electrons. The largest absolute Gasteiger partial charge is 0.372 e. The summed E-state index contributed by atoms with van der Waals surface area (Å²) in [5.74, 6) is 0.711. The fourth-order valence-electron chi connectivity index (χ4n) is 3.47. The molecule has 2 aliphatic rings. The van der Waals surface area contributed by atoms with E-state index in [-0.39, 0.29) is 18.4 Å². The van der Waals surface area contributed by atoms with E-state index < -0.39 is 0 Å². The van der Waals surface area contributed by atoms with Gasteiger partial charge in [-0.15, -0.1) is 12.4 Å². The number of hydrogen-bond acceptors (Lipinski definition) is 2. The van der Waals surface area contributed by atoms with Crippen molar-refractivity contribution in [3.63, 3.8) is 0 Å². The zero-order valence-corrected chi connectivity index (χ0v) is 12.4. The monoisotopic (exact) mass is 280 g/mol. The third-order valence-corrected chi connectivity index (χ3v) is 4.66. The van der Waals surface area contributed by atoms with Crippen LogP contribution >= 0.6 is 12.4 Å². The van der Waals surface area contributed by atoms with Gasteiger partial charge in [-0.2, -0.15) is 0 Å². The first-order chi connectivity index (χ1) is 8.84. The molecule has 0 aromatic heterocycles. The van der Waals surface area contributed by atoms with Gasteiger partial charge in [0.2, 0.25) is 0 Å². The van der Waals surface area contributed by atoms with Gasteiger partial charge in [0.25, 0.3) is 0 Å². The maximum absolute atomic E-state index is 6.39. The number of nitrogens with zero attached hydrogens (tertiary/aromatic N) is 1. The van der Waals surface area contributed by atoms with E-state index in [1.54, 1.807) is 0 Å². The number of anilines is 1. The van der Waals surface area contributed by atoms with Crippen molar-refractivity contribution in [2.24, 2.45) is 11.7 Å². The van der Waals surface area contributed by atoms with Gasteiger partial charge in [0.1, 0.15) is 0 Å². The van der Waals surface area contributed by atoms with Crippen LogP contribution in [-0.2, 0) is 0 Å². The van der Waals surface area contributed by atoms with Gasteiger partial charge in [-0.05, 0) is 49.3 Å². The molecule has 1 aliphatic carbocycles. The smallest absolute Gasteiger partial charge is 0.0366 e. The summed E-state index contributed by atoms with van der Waals surface area (Å²) >= 11 is 0. The third kappa shape index (κ3) is 3.24. The lowest BCUT2D eigenvalue weighted by Crippen LogP contribution is -2.20. The lowest BCUT2D eigenvalue weighted by molar-refractivity contribution is 0.445. The highest BCUT2D eigenvalue weighted by Gasteiger charge is 2.23. The van der Waals surface area contributed by atoms with Crippen molar-refractivity contribution < 1.29 is 0 Å². The molecule has 1 atom stereocenters. The molecule has 1 saturated carbocycles. The lowest BCUT2D eigenvalue weighted by Gasteiger charge is -2.21. The normalized spacial score (nSPS) is 21.4. The molecule has 1 aromatic rings. The number of hydrogen-bond donors (Lipinski definition) is 1. The molecule has 1 aliphatic heterocycles. The summed E-state index contributed by atoms with van der Waals surface area (Å²) in [6.45, 7) is 2.43. The average Bonchev–Trinajstić information content (AvgIpc) is 3.11. The second-order valence-corrected chi connectivity index (χ2v) is 5.86. The molecule has 1 aromatic carbocycles. The summed E-state index contributed by atoms with van der Waals surface area (Å²) in [6, 6.07) is 9.26. The standard InChI is InChI=1S/C16H24N2.ClH/c17-16(13-5-1-2-6-13)14-7-9-15(10-8-14)18-11-3-4-12-18;/h7-10,13,16H,1-6,11-12,17H2;1H/t16-;/m0./s1. The highest BCUT2D eigenvalue weighted by atomic mass is 35.5. The van der Waals surface area contributed by atoms with Gasteiger partial charge < -0.3 is 10.6 Å². The van der Waals surface area contributed by atoms with Crippen LogP contribution in [0.15, 0.2) is 24.3 Å². The van der Waals surface area contributed by atoms with Crippen LogP contribution in [0.3, 0.4) is 0 Å². The average molecular weight is 281 g/mol. The second-order valence-electron chi connectivity index (χ2n) is 5.86. The second kappa shape index (κ2) is 6.62. The Morgan fingerprint density at radius 2 is 1.53 bits per heavy atom. The first kappa shape index (κ1) is 14.7. The zero-order chi connectivity index (χ0) is 12.4. The van der Waals surface area contributed by atoms with Crippen molar-refractivity contribution in [1.82, 2.24) is 0 Å². The summed E-state index contributed by atoms with van der Waals surface area (Å²) in [7, 11) is 0. The maximum Gasteiger partial charge on any atom is 0.0366 e. The minimum Gasteiger partial charge on any atom is -0.372 e. The molecule has 2 nitrogen and oxygen atoms in total. The fraction of sp³-hybridized carbons (Fsp3) is 0.625. The van der Waals surface area contributed by atoms with E-state index in [0.717, 1.165) is 0 Å². The number of nitrogens with two attached hydrogens (primary N) is 1. The molecule has 3 heteroatoms. The molecule has 0 bridgehead atoms. The van der Waals surface area contributed by atoms with Crippen molar-refractivity contribution >= 4 is 18.1 Å². The number of halogens is 1. The Morgan fingerprint density at radius 1 is 0.947 bits per heavy atom. The summed E-state index contributed by atoms with van der Waals surface area (Å²) in [5.41, 5.74) is 9.08. The van der Waals surface area contributed by atoms with Crippen LogP contribution < -0.4 is 10.6 Å². The van der Waals surface area contributed by atoms with Gasteiger partial charge in [-0.25, -0.2) is 0 Å². The summed E-state index contributed by atoms with van der Waals surface area (Å²) in [6.07, 6.45) is 8.03. The molecule has 0 amide bonds. The predicted octanol–water partition coefficient (Wildman–Crippen LogP) is 3.90. The predicted molar refractivity (Wildman–Crippen MR) is 84.0 cm³/mol. The van der Waals surface area contributed by atoms with Crippen LogP contribution in [0.25, 0.3) is 0 Å². The van der Waals surface area contributed by atoms with Crippen LogP contribution in [0.5, 0.6) is 0 Å². The van der Waals surface area contributed by atoms with Crippen LogP contribution in [-0.4, -0.2) is 13.1 Å². The number of rotatable bonds is 3. The highest BCUT2D eigenvalue weighted by Crippen LogP contribution is 2.34. The van der Waals surface area contributed by atoms with Gasteiger partial charge in [-0.1, -0.05) is 25.0 Å². The van der Waals surface area contributed by atoms with Crippen LogP contribution in [0.1, 0.15) is 50.1 Å².